The Morgan fingerprint density at radius 2 is 1.71 bits per heavy atom. The van der Waals surface area contributed by atoms with Gasteiger partial charge in [-0.3, -0.25) is 0 Å². The van der Waals surface area contributed by atoms with Crippen molar-refractivity contribution in [2.45, 2.75) is 39.4 Å². The normalized spacial score (nSPS) is 12.5. The van der Waals surface area contributed by atoms with Crippen molar-refractivity contribution in [2.75, 3.05) is 0 Å². The SMILES string of the molecule is CC(C)c1ccc(COc2ccc(F)cc2C(C)O)cc1. The van der Waals surface area contributed by atoms with Crippen LogP contribution in [-0.4, -0.2) is 5.11 Å². The van der Waals surface area contributed by atoms with E-state index in [1.165, 1.54) is 17.7 Å². The van der Waals surface area contributed by atoms with Gasteiger partial charge in [-0.05, 0) is 42.2 Å². The Hall–Kier alpha value is -1.87. The summed E-state index contributed by atoms with van der Waals surface area (Å²) in [5, 5.41) is 9.68. The van der Waals surface area contributed by atoms with Crippen molar-refractivity contribution >= 4 is 0 Å². The van der Waals surface area contributed by atoms with Gasteiger partial charge in [0.1, 0.15) is 18.2 Å². The molecule has 1 atom stereocenters. The van der Waals surface area contributed by atoms with Crippen molar-refractivity contribution in [1.82, 2.24) is 0 Å². The van der Waals surface area contributed by atoms with E-state index in [1.807, 2.05) is 12.1 Å². The average Bonchev–Trinajstić information content (AvgIpc) is 2.46. The molecule has 0 aliphatic carbocycles. The van der Waals surface area contributed by atoms with Crippen molar-refractivity contribution in [3.8, 4) is 5.75 Å². The summed E-state index contributed by atoms with van der Waals surface area (Å²) in [7, 11) is 0. The third-order valence-electron chi connectivity index (χ3n) is 3.46. The maximum Gasteiger partial charge on any atom is 0.125 e. The number of benzene rings is 2. The predicted molar refractivity (Wildman–Crippen MR) is 81.9 cm³/mol. The van der Waals surface area contributed by atoms with Gasteiger partial charge in [0, 0.05) is 5.56 Å². The first kappa shape index (κ1) is 15.5. The molecule has 0 aliphatic heterocycles. The van der Waals surface area contributed by atoms with Crippen LogP contribution in [0.4, 0.5) is 4.39 Å². The largest absolute Gasteiger partial charge is 0.489 e. The van der Waals surface area contributed by atoms with Gasteiger partial charge in [-0.15, -0.1) is 0 Å². The highest BCUT2D eigenvalue weighted by molar-refractivity contribution is 5.36. The summed E-state index contributed by atoms with van der Waals surface area (Å²) < 4.78 is 18.9. The van der Waals surface area contributed by atoms with Crippen LogP contribution in [0.5, 0.6) is 5.75 Å². The lowest BCUT2D eigenvalue weighted by Crippen LogP contribution is -2.02. The van der Waals surface area contributed by atoms with E-state index in [0.717, 1.165) is 5.56 Å². The second-order valence-electron chi connectivity index (χ2n) is 5.54. The van der Waals surface area contributed by atoms with E-state index >= 15 is 0 Å². The molecule has 0 aliphatic rings. The van der Waals surface area contributed by atoms with Gasteiger partial charge in [-0.1, -0.05) is 38.1 Å². The smallest absolute Gasteiger partial charge is 0.125 e. The molecule has 0 radical (unpaired) electrons. The third-order valence-corrected chi connectivity index (χ3v) is 3.46. The van der Waals surface area contributed by atoms with Crippen molar-refractivity contribution in [2.24, 2.45) is 0 Å². The summed E-state index contributed by atoms with van der Waals surface area (Å²) in [5.74, 6) is 0.637. The lowest BCUT2D eigenvalue weighted by atomic mass is 10.0. The Kier molecular flexibility index (Phi) is 4.97. The van der Waals surface area contributed by atoms with E-state index in [0.29, 0.717) is 23.8 Å². The zero-order chi connectivity index (χ0) is 15.4. The second-order valence-corrected chi connectivity index (χ2v) is 5.54. The summed E-state index contributed by atoms with van der Waals surface area (Å²) in [6.07, 6.45) is -0.765. The molecular weight excluding hydrogens is 267 g/mol. The van der Waals surface area contributed by atoms with Crippen molar-refractivity contribution in [1.29, 1.82) is 0 Å². The van der Waals surface area contributed by atoms with E-state index in [2.05, 4.69) is 26.0 Å². The van der Waals surface area contributed by atoms with Crippen LogP contribution >= 0.6 is 0 Å². The van der Waals surface area contributed by atoms with Crippen LogP contribution in [0.15, 0.2) is 42.5 Å². The second kappa shape index (κ2) is 6.72. The molecule has 21 heavy (non-hydrogen) atoms. The summed E-state index contributed by atoms with van der Waals surface area (Å²) in [4.78, 5) is 0. The molecule has 0 saturated carbocycles. The molecular formula is C18H21FO2. The fourth-order valence-corrected chi connectivity index (χ4v) is 2.14. The summed E-state index contributed by atoms with van der Waals surface area (Å²) in [6, 6.07) is 12.4. The van der Waals surface area contributed by atoms with Crippen molar-refractivity contribution < 1.29 is 14.2 Å². The third kappa shape index (κ3) is 4.05. The lowest BCUT2D eigenvalue weighted by Gasteiger charge is -2.14. The number of hydrogen-bond donors (Lipinski definition) is 1. The van der Waals surface area contributed by atoms with Gasteiger partial charge in [0.2, 0.25) is 0 Å². The number of rotatable bonds is 5. The first-order valence-electron chi connectivity index (χ1n) is 7.16. The molecule has 112 valence electrons. The fourth-order valence-electron chi connectivity index (χ4n) is 2.14. The van der Waals surface area contributed by atoms with Crippen LogP contribution in [0.3, 0.4) is 0 Å². The minimum Gasteiger partial charge on any atom is -0.489 e. The van der Waals surface area contributed by atoms with Crippen LogP contribution in [-0.2, 0) is 6.61 Å². The topological polar surface area (TPSA) is 29.5 Å². The van der Waals surface area contributed by atoms with E-state index in [4.69, 9.17) is 4.74 Å². The first-order chi connectivity index (χ1) is 9.97. The van der Waals surface area contributed by atoms with E-state index in [1.54, 1.807) is 13.0 Å². The summed E-state index contributed by atoms with van der Waals surface area (Å²) in [6.45, 7) is 6.29. The monoisotopic (exact) mass is 288 g/mol. The number of aliphatic hydroxyl groups excluding tert-OH is 1. The predicted octanol–water partition coefficient (Wildman–Crippen LogP) is 4.58. The van der Waals surface area contributed by atoms with Gasteiger partial charge in [-0.25, -0.2) is 4.39 Å². The van der Waals surface area contributed by atoms with Gasteiger partial charge >= 0.3 is 0 Å². The minimum atomic E-state index is -0.765. The highest BCUT2D eigenvalue weighted by Crippen LogP contribution is 2.27. The van der Waals surface area contributed by atoms with Gasteiger partial charge < -0.3 is 9.84 Å². The zero-order valence-corrected chi connectivity index (χ0v) is 12.6. The Balaban J connectivity index is 2.09. The van der Waals surface area contributed by atoms with E-state index < -0.39 is 6.10 Å². The molecule has 2 aromatic rings. The standard InChI is InChI=1S/C18H21FO2/c1-12(2)15-6-4-14(5-7-15)11-21-18-9-8-16(19)10-17(18)13(3)20/h4-10,12-13,20H,11H2,1-3H3. The lowest BCUT2D eigenvalue weighted by molar-refractivity contribution is 0.189. The maximum atomic E-state index is 13.2. The highest BCUT2D eigenvalue weighted by Gasteiger charge is 2.11. The van der Waals surface area contributed by atoms with E-state index in [-0.39, 0.29) is 5.82 Å². The van der Waals surface area contributed by atoms with Crippen molar-refractivity contribution in [3.05, 3.63) is 65.0 Å². The molecule has 0 spiro atoms. The molecule has 0 saturated heterocycles. The van der Waals surface area contributed by atoms with Crippen LogP contribution in [0.25, 0.3) is 0 Å². The Morgan fingerprint density at radius 3 is 2.29 bits per heavy atom. The molecule has 0 heterocycles. The van der Waals surface area contributed by atoms with E-state index in [9.17, 15) is 9.50 Å². The van der Waals surface area contributed by atoms with Gasteiger partial charge in [0.05, 0.1) is 6.10 Å². The summed E-state index contributed by atoms with van der Waals surface area (Å²) >= 11 is 0. The van der Waals surface area contributed by atoms with Crippen LogP contribution < -0.4 is 4.74 Å². The van der Waals surface area contributed by atoms with Gasteiger partial charge in [0.25, 0.3) is 0 Å². The molecule has 1 unspecified atom stereocenters. The first-order valence-corrected chi connectivity index (χ1v) is 7.16. The molecule has 2 nitrogen and oxygen atoms in total. The number of ether oxygens (including phenoxy) is 1. The molecule has 0 fully saturated rings. The number of hydrogen-bond acceptors (Lipinski definition) is 2. The minimum absolute atomic E-state index is 0.375. The number of halogens is 1. The maximum absolute atomic E-state index is 13.2. The molecule has 1 N–H and O–H groups in total. The highest BCUT2D eigenvalue weighted by atomic mass is 19.1. The Bertz CT molecular complexity index is 589. The quantitative estimate of drug-likeness (QED) is 0.872. The molecule has 3 heteroatoms. The zero-order valence-electron chi connectivity index (χ0n) is 12.6. The van der Waals surface area contributed by atoms with Crippen LogP contribution in [0, 0.1) is 5.82 Å². The fraction of sp³-hybridized carbons (Fsp3) is 0.333. The summed E-state index contributed by atoms with van der Waals surface area (Å²) in [5.41, 5.74) is 2.79. The number of aliphatic hydroxyl groups is 1. The molecule has 2 rings (SSSR count). The van der Waals surface area contributed by atoms with Crippen LogP contribution in [0.1, 0.15) is 49.5 Å². The van der Waals surface area contributed by atoms with Gasteiger partial charge in [0.15, 0.2) is 0 Å². The average molecular weight is 288 g/mol. The molecule has 0 aromatic heterocycles. The van der Waals surface area contributed by atoms with Crippen molar-refractivity contribution in [3.63, 3.8) is 0 Å². The Morgan fingerprint density at radius 1 is 1.05 bits per heavy atom. The molecule has 0 bridgehead atoms. The molecule has 0 amide bonds. The van der Waals surface area contributed by atoms with Crippen LogP contribution in [0.2, 0.25) is 0 Å². The molecule has 2 aromatic carbocycles. The van der Waals surface area contributed by atoms with Gasteiger partial charge in [-0.2, -0.15) is 0 Å². The Labute approximate surface area is 125 Å².